The third-order valence-corrected chi connectivity index (χ3v) is 3.43. The van der Waals surface area contributed by atoms with Crippen LogP contribution < -0.4 is 5.32 Å². The van der Waals surface area contributed by atoms with E-state index in [0.717, 1.165) is 0 Å². The maximum atomic E-state index is 11.9. The molecule has 7 heteroatoms. The smallest absolute Gasteiger partial charge is 0.328 e. The number of hydrogen-bond donors (Lipinski definition) is 2. The molecule has 0 saturated carbocycles. The van der Waals surface area contributed by atoms with Gasteiger partial charge in [0.2, 0.25) is 0 Å². The Hall–Kier alpha value is -1.11. The highest BCUT2D eigenvalue weighted by atomic mass is 79.9. The second-order valence-electron chi connectivity index (χ2n) is 3.42. The molecular weight excluding hydrogens is 325 g/mol. The summed E-state index contributed by atoms with van der Waals surface area (Å²) >= 11 is 9.13. The first-order valence-corrected chi connectivity index (χ1v) is 6.11. The standard InChI is InChI=1S/C11H11BrClNO4/c1-18-5-8(11(16)17)14-10(15)6-3-2-4-7(12)9(6)13/h2-4,8H,5H2,1H3,(H,14,15)(H,16,17). The molecule has 0 aliphatic heterocycles. The van der Waals surface area contributed by atoms with Gasteiger partial charge in [0, 0.05) is 11.6 Å². The SMILES string of the molecule is COCC(NC(=O)c1cccc(Br)c1Cl)C(=O)O. The van der Waals surface area contributed by atoms with E-state index in [0.29, 0.717) is 4.47 Å². The van der Waals surface area contributed by atoms with E-state index in [-0.39, 0.29) is 17.2 Å². The van der Waals surface area contributed by atoms with Crippen LogP contribution >= 0.6 is 27.5 Å². The van der Waals surface area contributed by atoms with Gasteiger partial charge in [-0.15, -0.1) is 0 Å². The molecule has 5 nitrogen and oxygen atoms in total. The molecule has 1 aromatic rings. The maximum Gasteiger partial charge on any atom is 0.328 e. The number of benzene rings is 1. The fourth-order valence-electron chi connectivity index (χ4n) is 1.26. The number of ether oxygens (including phenoxy) is 1. The zero-order chi connectivity index (χ0) is 13.7. The average Bonchev–Trinajstić information content (AvgIpc) is 2.31. The quantitative estimate of drug-likeness (QED) is 0.861. The number of rotatable bonds is 5. The van der Waals surface area contributed by atoms with E-state index in [1.54, 1.807) is 12.1 Å². The van der Waals surface area contributed by atoms with Crippen molar-refractivity contribution in [2.75, 3.05) is 13.7 Å². The molecule has 1 amide bonds. The summed E-state index contributed by atoms with van der Waals surface area (Å²) in [7, 11) is 1.36. The van der Waals surface area contributed by atoms with Gasteiger partial charge in [-0.1, -0.05) is 17.7 Å². The summed E-state index contributed by atoms with van der Waals surface area (Å²) < 4.78 is 5.28. The molecule has 0 saturated heterocycles. The van der Waals surface area contributed by atoms with Crippen molar-refractivity contribution in [3.63, 3.8) is 0 Å². The molecule has 2 N–H and O–H groups in total. The van der Waals surface area contributed by atoms with E-state index in [1.165, 1.54) is 13.2 Å². The van der Waals surface area contributed by atoms with Gasteiger partial charge in [-0.2, -0.15) is 0 Å². The third kappa shape index (κ3) is 3.69. The molecule has 1 rings (SSSR count). The summed E-state index contributed by atoms with van der Waals surface area (Å²) in [5.74, 6) is -1.73. The first kappa shape index (κ1) is 14.9. The van der Waals surface area contributed by atoms with E-state index in [2.05, 4.69) is 21.2 Å². The number of amides is 1. The lowest BCUT2D eigenvalue weighted by molar-refractivity contribution is -0.140. The lowest BCUT2D eigenvalue weighted by Crippen LogP contribution is -2.43. The average molecular weight is 337 g/mol. The normalized spacial score (nSPS) is 11.9. The van der Waals surface area contributed by atoms with Crippen LogP contribution in [0.2, 0.25) is 5.02 Å². The van der Waals surface area contributed by atoms with E-state index < -0.39 is 17.9 Å². The van der Waals surface area contributed by atoms with Crippen molar-refractivity contribution >= 4 is 39.4 Å². The lowest BCUT2D eigenvalue weighted by atomic mass is 10.2. The molecule has 0 spiro atoms. The molecule has 0 radical (unpaired) electrons. The maximum absolute atomic E-state index is 11.9. The molecule has 0 fully saturated rings. The first-order valence-electron chi connectivity index (χ1n) is 4.94. The summed E-state index contributed by atoms with van der Waals surface area (Å²) in [5, 5.41) is 11.5. The monoisotopic (exact) mass is 335 g/mol. The van der Waals surface area contributed by atoms with Gasteiger partial charge in [0.1, 0.15) is 0 Å². The van der Waals surface area contributed by atoms with Crippen LogP contribution in [0.15, 0.2) is 22.7 Å². The minimum Gasteiger partial charge on any atom is -0.480 e. The molecule has 1 atom stereocenters. The largest absolute Gasteiger partial charge is 0.480 e. The fraction of sp³-hybridized carbons (Fsp3) is 0.273. The molecular formula is C11H11BrClNO4. The molecule has 0 bridgehead atoms. The molecule has 0 aromatic heterocycles. The Labute approximate surface area is 117 Å². The van der Waals surface area contributed by atoms with E-state index in [4.69, 9.17) is 21.4 Å². The second kappa shape index (κ2) is 6.72. The predicted molar refractivity (Wildman–Crippen MR) is 69.9 cm³/mol. The van der Waals surface area contributed by atoms with Crippen LogP contribution in [-0.4, -0.2) is 36.7 Å². The third-order valence-electron chi connectivity index (χ3n) is 2.13. The highest BCUT2D eigenvalue weighted by molar-refractivity contribution is 9.10. The number of carboxylic acid groups (broad SMARTS) is 1. The Bertz CT molecular complexity index is 466. The number of methoxy groups -OCH3 is 1. The van der Waals surface area contributed by atoms with Crippen LogP contribution in [0.1, 0.15) is 10.4 Å². The Morgan fingerprint density at radius 1 is 1.56 bits per heavy atom. The number of hydrogen-bond acceptors (Lipinski definition) is 3. The second-order valence-corrected chi connectivity index (χ2v) is 4.65. The van der Waals surface area contributed by atoms with Crippen LogP contribution in [0.4, 0.5) is 0 Å². The zero-order valence-corrected chi connectivity index (χ0v) is 11.8. The number of carbonyl (C=O) groups is 2. The van der Waals surface area contributed by atoms with E-state index in [1.807, 2.05) is 0 Å². The van der Waals surface area contributed by atoms with Gasteiger partial charge in [0.25, 0.3) is 5.91 Å². The van der Waals surface area contributed by atoms with Crippen molar-refractivity contribution < 1.29 is 19.4 Å². The minimum atomic E-state index is -1.17. The summed E-state index contributed by atoms with van der Waals surface area (Å²) in [4.78, 5) is 22.7. The highest BCUT2D eigenvalue weighted by Crippen LogP contribution is 2.25. The first-order chi connectivity index (χ1) is 8.47. The Kier molecular flexibility index (Phi) is 5.58. The van der Waals surface area contributed by atoms with Crippen molar-refractivity contribution in [1.82, 2.24) is 5.32 Å². The van der Waals surface area contributed by atoms with Crippen molar-refractivity contribution in [1.29, 1.82) is 0 Å². The number of aliphatic carboxylic acids is 1. The van der Waals surface area contributed by atoms with Crippen molar-refractivity contribution in [2.24, 2.45) is 0 Å². The van der Waals surface area contributed by atoms with Crippen molar-refractivity contribution in [2.45, 2.75) is 6.04 Å². The Morgan fingerprint density at radius 3 is 2.78 bits per heavy atom. The number of carboxylic acids is 1. The zero-order valence-electron chi connectivity index (χ0n) is 9.44. The lowest BCUT2D eigenvalue weighted by Gasteiger charge is -2.14. The molecule has 0 aliphatic carbocycles. The Balaban J connectivity index is 2.87. The molecule has 1 aromatic carbocycles. The topological polar surface area (TPSA) is 75.6 Å². The van der Waals surface area contributed by atoms with Crippen LogP contribution in [0.25, 0.3) is 0 Å². The minimum absolute atomic E-state index is 0.118. The molecule has 18 heavy (non-hydrogen) atoms. The molecule has 1 unspecified atom stereocenters. The summed E-state index contributed by atoms with van der Waals surface area (Å²) in [6, 6.07) is 3.71. The fourth-order valence-corrected chi connectivity index (χ4v) is 1.83. The van der Waals surface area contributed by atoms with Gasteiger partial charge in [0.05, 0.1) is 17.2 Å². The predicted octanol–water partition coefficient (Wildman–Crippen LogP) is 1.93. The van der Waals surface area contributed by atoms with Crippen LogP contribution in [0, 0.1) is 0 Å². The number of nitrogens with one attached hydrogen (secondary N) is 1. The van der Waals surface area contributed by atoms with Crippen molar-refractivity contribution in [3.8, 4) is 0 Å². The van der Waals surface area contributed by atoms with Crippen LogP contribution in [0.3, 0.4) is 0 Å². The number of halogens is 2. The van der Waals surface area contributed by atoms with Gasteiger partial charge in [0.15, 0.2) is 6.04 Å². The molecule has 0 heterocycles. The van der Waals surface area contributed by atoms with Gasteiger partial charge in [-0.3, -0.25) is 4.79 Å². The Morgan fingerprint density at radius 2 is 2.22 bits per heavy atom. The van der Waals surface area contributed by atoms with Crippen LogP contribution in [0.5, 0.6) is 0 Å². The number of carbonyl (C=O) groups excluding carboxylic acids is 1. The summed E-state index contributed by atoms with van der Waals surface area (Å²) in [6.07, 6.45) is 0. The molecule has 0 aliphatic rings. The van der Waals surface area contributed by atoms with E-state index >= 15 is 0 Å². The van der Waals surface area contributed by atoms with Gasteiger partial charge < -0.3 is 15.2 Å². The van der Waals surface area contributed by atoms with Crippen molar-refractivity contribution in [3.05, 3.63) is 33.3 Å². The molecule has 98 valence electrons. The van der Waals surface area contributed by atoms with Crippen LogP contribution in [-0.2, 0) is 9.53 Å². The summed E-state index contributed by atoms with van der Waals surface area (Å²) in [5.41, 5.74) is 0.202. The highest BCUT2D eigenvalue weighted by Gasteiger charge is 2.22. The van der Waals surface area contributed by atoms with Gasteiger partial charge in [-0.05, 0) is 28.1 Å². The van der Waals surface area contributed by atoms with Gasteiger partial charge >= 0.3 is 5.97 Å². The summed E-state index contributed by atoms with van der Waals surface area (Å²) in [6.45, 7) is -0.118. The van der Waals surface area contributed by atoms with E-state index in [9.17, 15) is 9.59 Å². The van der Waals surface area contributed by atoms with Gasteiger partial charge in [-0.25, -0.2) is 4.79 Å².